The molecule has 32 heavy (non-hydrogen) atoms. The first-order chi connectivity index (χ1) is 15.4. The molecule has 0 bridgehead atoms. The van der Waals surface area contributed by atoms with E-state index in [9.17, 15) is 13.6 Å². The van der Waals surface area contributed by atoms with Crippen LogP contribution in [0.3, 0.4) is 0 Å². The molecule has 1 aliphatic rings. The molecule has 0 radical (unpaired) electrons. The second-order valence-corrected chi connectivity index (χ2v) is 8.08. The molecule has 6 nitrogen and oxygen atoms in total. The van der Waals surface area contributed by atoms with Gasteiger partial charge in [-0.25, -0.2) is 18.7 Å². The Morgan fingerprint density at radius 3 is 2.69 bits per heavy atom. The average Bonchev–Trinajstić information content (AvgIpc) is 2.79. The van der Waals surface area contributed by atoms with Crippen molar-refractivity contribution in [1.29, 1.82) is 0 Å². The minimum Gasteiger partial charge on any atom is -0.340 e. The number of amides is 1. The summed E-state index contributed by atoms with van der Waals surface area (Å²) in [7, 11) is 0. The predicted octanol–water partition coefficient (Wildman–Crippen LogP) is 4.95. The Morgan fingerprint density at radius 2 is 2.00 bits per heavy atom. The van der Waals surface area contributed by atoms with Gasteiger partial charge >= 0.3 is 0 Å². The third-order valence-corrected chi connectivity index (χ3v) is 5.68. The fourth-order valence-corrected chi connectivity index (χ4v) is 4.07. The van der Waals surface area contributed by atoms with Gasteiger partial charge in [0, 0.05) is 49.1 Å². The van der Waals surface area contributed by atoms with Crippen LogP contribution in [-0.4, -0.2) is 44.8 Å². The lowest BCUT2D eigenvalue weighted by molar-refractivity contribution is -0.137. The fraction of sp³-hybridized carbons (Fsp3) is 0.333. The minimum absolute atomic E-state index is 0.171. The number of piperidine rings is 1. The molecular weight excluding hydrogens is 412 g/mol. The highest BCUT2D eigenvalue weighted by Gasteiger charge is 2.37. The highest BCUT2D eigenvalue weighted by molar-refractivity contribution is 5.74. The number of aryl methyl sites for hydroxylation is 1. The first kappa shape index (κ1) is 21.8. The Kier molecular flexibility index (Phi) is 6.39. The smallest absolute Gasteiger partial charge is 0.258 e. The number of carbonyl (C=O) groups excluding carboxylic acids is 1. The summed E-state index contributed by atoms with van der Waals surface area (Å²) in [5.74, 6) is 0.537. The Balaban J connectivity index is 1.70. The Morgan fingerprint density at radius 1 is 1.16 bits per heavy atom. The molecule has 2 atom stereocenters. The van der Waals surface area contributed by atoms with Gasteiger partial charge in [-0.1, -0.05) is 12.1 Å². The van der Waals surface area contributed by atoms with Crippen LogP contribution in [-0.2, 0) is 4.79 Å². The molecule has 2 aromatic heterocycles. The molecule has 4 rings (SSSR count). The van der Waals surface area contributed by atoms with Gasteiger partial charge in [-0.15, -0.1) is 0 Å². The maximum absolute atomic E-state index is 13.4. The molecule has 1 aromatic carbocycles. The third kappa shape index (κ3) is 4.90. The minimum atomic E-state index is -2.57. The van der Waals surface area contributed by atoms with Gasteiger partial charge in [0.15, 0.2) is 0 Å². The van der Waals surface area contributed by atoms with Gasteiger partial charge in [-0.05, 0) is 49.6 Å². The number of likely N-dealkylation sites (tertiary alicyclic amines) is 1. The standard InChI is InChI=1S/C24H25F2N5O/c1-15-5-3-7-19(11-15)28-22-12-20(17-6-4-10-27-13-17)29-24(30-22)18-8-9-21(23(25)26)31(14-18)16(2)32/h3-7,10-13,18,21,23H,8-9,14H2,1-2H3,(H,28,29,30)/t18-,21-/m1/s1. The molecule has 0 aliphatic carbocycles. The number of hydrogen-bond donors (Lipinski definition) is 1. The Bertz CT molecular complexity index is 1090. The second kappa shape index (κ2) is 9.38. The van der Waals surface area contributed by atoms with Gasteiger partial charge in [-0.3, -0.25) is 9.78 Å². The predicted molar refractivity (Wildman–Crippen MR) is 119 cm³/mol. The van der Waals surface area contributed by atoms with Crippen molar-refractivity contribution < 1.29 is 13.6 Å². The van der Waals surface area contributed by atoms with Gasteiger partial charge in [0.1, 0.15) is 11.6 Å². The van der Waals surface area contributed by atoms with Crippen molar-refractivity contribution in [3.8, 4) is 11.3 Å². The summed E-state index contributed by atoms with van der Waals surface area (Å²) >= 11 is 0. The van der Waals surface area contributed by atoms with Crippen LogP contribution in [0, 0.1) is 6.92 Å². The number of anilines is 2. The molecule has 166 valence electrons. The number of nitrogens with one attached hydrogen (secondary N) is 1. The SMILES string of the molecule is CC(=O)N1C[C@H](c2nc(Nc3cccc(C)c3)cc(-c3cccnc3)n2)CC[C@@H]1C(F)F. The largest absolute Gasteiger partial charge is 0.340 e. The second-order valence-electron chi connectivity index (χ2n) is 8.08. The summed E-state index contributed by atoms with van der Waals surface area (Å²) in [5.41, 5.74) is 3.51. The molecule has 1 N–H and O–H groups in total. The number of carbonyl (C=O) groups is 1. The van der Waals surface area contributed by atoms with Gasteiger partial charge in [0.05, 0.1) is 11.7 Å². The lowest BCUT2D eigenvalue weighted by atomic mass is 9.91. The highest BCUT2D eigenvalue weighted by Crippen LogP contribution is 2.33. The molecule has 3 heterocycles. The first-order valence-electron chi connectivity index (χ1n) is 10.6. The van der Waals surface area contributed by atoms with E-state index < -0.39 is 12.5 Å². The quantitative estimate of drug-likeness (QED) is 0.612. The topological polar surface area (TPSA) is 71.0 Å². The van der Waals surface area contributed by atoms with Crippen LogP contribution in [0.25, 0.3) is 11.3 Å². The zero-order chi connectivity index (χ0) is 22.7. The first-order valence-corrected chi connectivity index (χ1v) is 10.6. The van der Waals surface area contributed by atoms with E-state index in [1.54, 1.807) is 12.4 Å². The van der Waals surface area contributed by atoms with Crippen molar-refractivity contribution in [3.63, 3.8) is 0 Å². The summed E-state index contributed by atoms with van der Waals surface area (Å²) < 4.78 is 26.9. The molecular formula is C24H25F2N5O. The van der Waals surface area contributed by atoms with E-state index in [-0.39, 0.29) is 24.8 Å². The summed E-state index contributed by atoms with van der Waals surface area (Å²) in [6.07, 6.45) is 1.54. The van der Waals surface area contributed by atoms with Gasteiger partial charge < -0.3 is 10.2 Å². The van der Waals surface area contributed by atoms with Crippen LogP contribution in [0.1, 0.15) is 37.1 Å². The lowest BCUT2D eigenvalue weighted by Crippen LogP contribution is -2.49. The zero-order valence-electron chi connectivity index (χ0n) is 18.0. The number of pyridine rings is 1. The Hall–Kier alpha value is -3.42. The van der Waals surface area contributed by atoms with E-state index in [0.29, 0.717) is 23.8 Å². The van der Waals surface area contributed by atoms with Gasteiger partial charge in [-0.2, -0.15) is 0 Å². The monoisotopic (exact) mass is 437 g/mol. The van der Waals surface area contributed by atoms with Crippen LogP contribution in [0.5, 0.6) is 0 Å². The summed E-state index contributed by atoms with van der Waals surface area (Å²) in [4.78, 5) is 26.9. The van der Waals surface area contributed by atoms with Crippen molar-refractivity contribution in [2.75, 3.05) is 11.9 Å². The van der Waals surface area contributed by atoms with E-state index in [1.807, 2.05) is 49.4 Å². The van der Waals surface area contributed by atoms with Gasteiger partial charge in [0.25, 0.3) is 6.43 Å². The number of halogens is 2. The summed E-state index contributed by atoms with van der Waals surface area (Å²) in [5, 5.41) is 3.32. The molecule has 3 aromatic rings. The van der Waals surface area contributed by atoms with Crippen LogP contribution >= 0.6 is 0 Å². The summed E-state index contributed by atoms with van der Waals surface area (Å²) in [6, 6.07) is 12.4. The zero-order valence-corrected chi connectivity index (χ0v) is 18.0. The van der Waals surface area contributed by atoms with Crippen LogP contribution in [0.15, 0.2) is 54.9 Å². The molecule has 1 saturated heterocycles. The Labute approximate surface area is 185 Å². The average molecular weight is 437 g/mol. The maximum atomic E-state index is 13.4. The number of alkyl halides is 2. The number of aromatic nitrogens is 3. The molecule has 0 spiro atoms. The van der Waals surface area contributed by atoms with Gasteiger partial charge in [0.2, 0.25) is 5.91 Å². The van der Waals surface area contributed by atoms with E-state index in [4.69, 9.17) is 9.97 Å². The number of benzene rings is 1. The van der Waals surface area contributed by atoms with Crippen molar-refractivity contribution in [2.24, 2.45) is 0 Å². The highest BCUT2D eigenvalue weighted by atomic mass is 19.3. The maximum Gasteiger partial charge on any atom is 0.258 e. The molecule has 1 fully saturated rings. The molecule has 1 aliphatic heterocycles. The van der Waals surface area contributed by atoms with Crippen molar-refractivity contribution >= 4 is 17.4 Å². The number of rotatable bonds is 5. The van der Waals surface area contributed by atoms with E-state index in [1.165, 1.54) is 11.8 Å². The summed E-state index contributed by atoms with van der Waals surface area (Å²) in [6.45, 7) is 3.51. The van der Waals surface area contributed by atoms with Crippen molar-refractivity contribution in [3.05, 3.63) is 66.2 Å². The molecule has 0 unspecified atom stereocenters. The fourth-order valence-electron chi connectivity index (χ4n) is 4.07. The molecule has 1 amide bonds. The third-order valence-electron chi connectivity index (χ3n) is 5.68. The van der Waals surface area contributed by atoms with Crippen LogP contribution in [0.4, 0.5) is 20.3 Å². The van der Waals surface area contributed by atoms with E-state index in [2.05, 4.69) is 10.3 Å². The lowest BCUT2D eigenvalue weighted by Gasteiger charge is -2.38. The number of hydrogen-bond acceptors (Lipinski definition) is 5. The number of nitrogens with zero attached hydrogens (tertiary/aromatic N) is 4. The van der Waals surface area contributed by atoms with Crippen LogP contribution in [0.2, 0.25) is 0 Å². The molecule has 8 heteroatoms. The molecule has 0 saturated carbocycles. The normalized spacial score (nSPS) is 18.6. The van der Waals surface area contributed by atoms with E-state index in [0.717, 1.165) is 16.8 Å². The van der Waals surface area contributed by atoms with Crippen molar-refractivity contribution in [2.45, 2.75) is 45.1 Å². The van der Waals surface area contributed by atoms with E-state index >= 15 is 0 Å². The van der Waals surface area contributed by atoms with Crippen molar-refractivity contribution in [1.82, 2.24) is 19.9 Å². The van der Waals surface area contributed by atoms with Crippen LogP contribution < -0.4 is 5.32 Å².